The molecule has 1 heterocycles. The number of aromatic nitrogens is 1. The normalized spacial score (nSPS) is 9.84. The largest absolute Gasteiger partial charge is 0.477 e. The van der Waals surface area contributed by atoms with Gasteiger partial charge in [-0.15, -0.1) is 0 Å². The van der Waals surface area contributed by atoms with Crippen molar-refractivity contribution in [3.8, 4) is 6.07 Å². The summed E-state index contributed by atoms with van der Waals surface area (Å²) in [6, 6.07) is 12.2. The Morgan fingerprint density at radius 2 is 2.00 bits per heavy atom. The lowest BCUT2D eigenvalue weighted by Gasteiger charge is -2.09. The molecular formula is C14H10N2O3. The summed E-state index contributed by atoms with van der Waals surface area (Å²) in [5.74, 6) is -1.30. The van der Waals surface area contributed by atoms with E-state index in [4.69, 9.17) is 10.4 Å². The first-order valence-electron chi connectivity index (χ1n) is 5.53. The van der Waals surface area contributed by atoms with E-state index in [9.17, 15) is 9.59 Å². The van der Waals surface area contributed by atoms with Crippen LogP contribution in [0, 0.1) is 11.3 Å². The first-order valence-corrected chi connectivity index (χ1v) is 5.53. The number of hydrogen-bond donors (Lipinski definition) is 1. The molecule has 1 aromatic heterocycles. The highest BCUT2D eigenvalue weighted by molar-refractivity contribution is 5.87. The lowest BCUT2D eigenvalue weighted by molar-refractivity contribution is 0.0694. The van der Waals surface area contributed by atoms with Crippen molar-refractivity contribution in [3.05, 3.63) is 69.6 Å². The molecule has 0 amide bonds. The van der Waals surface area contributed by atoms with Crippen LogP contribution in [-0.4, -0.2) is 15.6 Å². The van der Waals surface area contributed by atoms with Crippen molar-refractivity contribution in [3.63, 3.8) is 0 Å². The molecule has 2 aromatic rings. The third kappa shape index (κ3) is 2.69. The standard InChI is InChI=1S/C14H10N2O3/c15-7-11-6-13(17)12(14(18)19)9-16(11)8-10-4-2-1-3-5-10/h1-6,9H,8H2,(H,18,19). The quantitative estimate of drug-likeness (QED) is 0.898. The molecule has 5 nitrogen and oxygen atoms in total. The van der Waals surface area contributed by atoms with Crippen molar-refractivity contribution in [1.82, 2.24) is 4.57 Å². The molecule has 0 aliphatic rings. The Balaban J connectivity index is 2.50. The van der Waals surface area contributed by atoms with E-state index in [0.717, 1.165) is 11.6 Å². The molecule has 5 heteroatoms. The van der Waals surface area contributed by atoms with Gasteiger partial charge in [0.1, 0.15) is 17.3 Å². The van der Waals surface area contributed by atoms with Gasteiger partial charge in [0.05, 0.1) is 0 Å². The predicted molar refractivity (Wildman–Crippen MR) is 67.9 cm³/mol. The number of carbonyl (C=O) groups is 1. The summed E-state index contributed by atoms with van der Waals surface area (Å²) >= 11 is 0. The van der Waals surface area contributed by atoms with Crippen molar-refractivity contribution in [1.29, 1.82) is 5.26 Å². The molecule has 0 fully saturated rings. The highest BCUT2D eigenvalue weighted by atomic mass is 16.4. The molecule has 0 atom stereocenters. The highest BCUT2D eigenvalue weighted by Crippen LogP contribution is 2.06. The second kappa shape index (κ2) is 5.19. The first kappa shape index (κ1) is 12.6. The van der Waals surface area contributed by atoms with Crippen LogP contribution in [0.4, 0.5) is 0 Å². The average Bonchev–Trinajstić information content (AvgIpc) is 2.41. The van der Waals surface area contributed by atoms with Gasteiger partial charge in [-0.05, 0) is 5.56 Å². The van der Waals surface area contributed by atoms with Crippen LogP contribution in [0.1, 0.15) is 21.6 Å². The van der Waals surface area contributed by atoms with E-state index >= 15 is 0 Å². The Morgan fingerprint density at radius 3 is 2.58 bits per heavy atom. The topological polar surface area (TPSA) is 83.1 Å². The van der Waals surface area contributed by atoms with Crippen LogP contribution >= 0.6 is 0 Å². The lowest BCUT2D eigenvalue weighted by atomic mass is 10.2. The van der Waals surface area contributed by atoms with Gasteiger partial charge >= 0.3 is 5.97 Å². The van der Waals surface area contributed by atoms with Gasteiger partial charge in [-0.25, -0.2) is 4.79 Å². The minimum absolute atomic E-state index is 0.138. The number of benzene rings is 1. The Labute approximate surface area is 109 Å². The molecule has 94 valence electrons. The fourth-order valence-electron chi connectivity index (χ4n) is 1.74. The zero-order chi connectivity index (χ0) is 13.8. The van der Waals surface area contributed by atoms with E-state index < -0.39 is 11.4 Å². The second-order valence-corrected chi connectivity index (χ2v) is 3.97. The fraction of sp³-hybridized carbons (Fsp3) is 0.0714. The number of hydrogen-bond acceptors (Lipinski definition) is 3. The summed E-state index contributed by atoms with van der Waals surface area (Å²) in [4.78, 5) is 22.4. The van der Waals surface area contributed by atoms with Gasteiger partial charge in [0, 0.05) is 18.8 Å². The maximum absolute atomic E-state index is 11.5. The Kier molecular flexibility index (Phi) is 3.44. The minimum atomic E-state index is -1.30. The summed E-state index contributed by atoms with van der Waals surface area (Å²) in [5.41, 5.74) is 0.0566. The van der Waals surface area contributed by atoms with E-state index in [1.807, 2.05) is 36.4 Å². The molecule has 2 rings (SSSR count). The molecule has 0 aliphatic carbocycles. The molecule has 0 aliphatic heterocycles. The van der Waals surface area contributed by atoms with Crippen LogP contribution in [0.3, 0.4) is 0 Å². The average molecular weight is 254 g/mol. The van der Waals surface area contributed by atoms with Gasteiger partial charge in [0.15, 0.2) is 5.43 Å². The molecule has 1 N–H and O–H groups in total. The summed E-state index contributed by atoms with van der Waals surface area (Å²) in [6.07, 6.45) is 1.20. The van der Waals surface area contributed by atoms with Crippen LogP contribution in [0.5, 0.6) is 0 Å². The van der Waals surface area contributed by atoms with Crippen LogP contribution in [0.15, 0.2) is 47.4 Å². The third-order valence-corrected chi connectivity index (χ3v) is 2.67. The molecule has 19 heavy (non-hydrogen) atoms. The van der Waals surface area contributed by atoms with Crippen molar-refractivity contribution in [2.24, 2.45) is 0 Å². The minimum Gasteiger partial charge on any atom is -0.477 e. The molecule has 0 bridgehead atoms. The van der Waals surface area contributed by atoms with E-state index in [2.05, 4.69) is 0 Å². The van der Waals surface area contributed by atoms with Crippen LogP contribution in [0.25, 0.3) is 0 Å². The maximum atomic E-state index is 11.5. The monoisotopic (exact) mass is 254 g/mol. The fourth-order valence-corrected chi connectivity index (χ4v) is 1.74. The van der Waals surface area contributed by atoms with Crippen molar-refractivity contribution < 1.29 is 9.90 Å². The van der Waals surface area contributed by atoms with Gasteiger partial charge in [0.2, 0.25) is 0 Å². The predicted octanol–water partition coefficient (Wildman–Crippen LogP) is 1.47. The van der Waals surface area contributed by atoms with Crippen molar-refractivity contribution in [2.45, 2.75) is 6.54 Å². The highest BCUT2D eigenvalue weighted by Gasteiger charge is 2.12. The molecule has 0 spiro atoms. The second-order valence-electron chi connectivity index (χ2n) is 3.97. The summed E-state index contributed by atoms with van der Waals surface area (Å²) < 4.78 is 1.46. The molecule has 0 unspecified atom stereocenters. The molecule has 0 saturated heterocycles. The van der Waals surface area contributed by atoms with Crippen LogP contribution in [-0.2, 0) is 6.54 Å². The number of carboxylic acids is 1. The van der Waals surface area contributed by atoms with E-state index in [1.165, 1.54) is 10.8 Å². The summed E-state index contributed by atoms with van der Waals surface area (Å²) in [7, 11) is 0. The van der Waals surface area contributed by atoms with Crippen LogP contribution < -0.4 is 5.43 Å². The zero-order valence-corrected chi connectivity index (χ0v) is 9.91. The van der Waals surface area contributed by atoms with Crippen molar-refractivity contribution >= 4 is 5.97 Å². The zero-order valence-electron chi connectivity index (χ0n) is 9.91. The molecule has 0 radical (unpaired) electrons. The number of pyridine rings is 1. The Hall–Kier alpha value is -2.87. The molecule has 0 saturated carbocycles. The van der Waals surface area contributed by atoms with Gasteiger partial charge < -0.3 is 9.67 Å². The van der Waals surface area contributed by atoms with Gasteiger partial charge in [-0.2, -0.15) is 5.26 Å². The summed E-state index contributed by atoms with van der Waals surface area (Å²) in [6.45, 7) is 0.338. The van der Waals surface area contributed by atoms with E-state index in [0.29, 0.717) is 6.54 Å². The Bertz CT molecular complexity index is 712. The number of carboxylic acid groups (broad SMARTS) is 1. The van der Waals surface area contributed by atoms with Gasteiger partial charge in [0.25, 0.3) is 0 Å². The van der Waals surface area contributed by atoms with Gasteiger partial charge in [-0.3, -0.25) is 4.79 Å². The smallest absolute Gasteiger partial charge is 0.341 e. The maximum Gasteiger partial charge on any atom is 0.341 e. The third-order valence-electron chi connectivity index (χ3n) is 2.67. The first-order chi connectivity index (χ1) is 9.11. The van der Waals surface area contributed by atoms with Crippen LogP contribution in [0.2, 0.25) is 0 Å². The number of nitriles is 1. The van der Waals surface area contributed by atoms with Crippen molar-refractivity contribution in [2.75, 3.05) is 0 Å². The molecular weight excluding hydrogens is 244 g/mol. The number of nitrogens with zero attached hydrogens (tertiary/aromatic N) is 2. The number of aromatic carboxylic acids is 1. The lowest BCUT2D eigenvalue weighted by Crippen LogP contribution is -2.19. The SMILES string of the molecule is N#Cc1cc(=O)c(C(=O)O)cn1Cc1ccccc1. The van der Waals surface area contributed by atoms with E-state index in [-0.39, 0.29) is 11.3 Å². The number of rotatable bonds is 3. The van der Waals surface area contributed by atoms with E-state index in [1.54, 1.807) is 0 Å². The molecule has 1 aromatic carbocycles. The summed E-state index contributed by atoms with van der Waals surface area (Å²) in [5, 5.41) is 17.9. The van der Waals surface area contributed by atoms with Gasteiger partial charge in [-0.1, -0.05) is 30.3 Å². The Morgan fingerprint density at radius 1 is 1.32 bits per heavy atom.